The highest BCUT2D eigenvalue weighted by Crippen LogP contribution is 2.35. The summed E-state index contributed by atoms with van der Waals surface area (Å²) in [6.45, 7) is 11.2. The van der Waals surface area contributed by atoms with Crippen LogP contribution in [0.5, 0.6) is 0 Å². The van der Waals surface area contributed by atoms with E-state index in [-0.39, 0.29) is 24.2 Å². The number of amides is 2. The van der Waals surface area contributed by atoms with Crippen molar-refractivity contribution in [1.29, 1.82) is 0 Å². The standard InChI is InChI=1S/C35H62N2O6/c1-6-7-8-9-10-11-12-13-14-15-16-17-18-19-20-21-30(38)37-24-22-28(23-25-37)29(26-31(39)40)36-33(41)32-34(2,3)27-42-35(4,5)43-32/h13-14,28-29,32H,6-12,15-27H2,1-5H3,(H,36,41)(H,39,40). The molecule has 2 unspecified atom stereocenters. The molecule has 2 aliphatic heterocycles. The molecule has 2 N–H and O–H groups in total. The maximum absolute atomic E-state index is 13.3. The van der Waals surface area contributed by atoms with Gasteiger partial charge in [0.1, 0.15) is 6.10 Å². The van der Waals surface area contributed by atoms with Crippen LogP contribution in [0.1, 0.15) is 144 Å². The fraction of sp³-hybridized carbons (Fsp3) is 0.857. The van der Waals surface area contributed by atoms with Crippen molar-refractivity contribution in [3.63, 3.8) is 0 Å². The van der Waals surface area contributed by atoms with Gasteiger partial charge in [0, 0.05) is 31.0 Å². The second kappa shape index (κ2) is 19.5. The molecule has 2 aliphatic rings. The molecule has 43 heavy (non-hydrogen) atoms. The summed E-state index contributed by atoms with van der Waals surface area (Å²) in [6, 6.07) is -0.502. The van der Waals surface area contributed by atoms with Crippen molar-refractivity contribution in [2.45, 2.75) is 162 Å². The van der Waals surface area contributed by atoms with E-state index in [4.69, 9.17) is 9.47 Å². The number of aliphatic carboxylic acids is 1. The molecule has 8 nitrogen and oxygen atoms in total. The first-order valence-corrected chi connectivity index (χ1v) is 17.2. The first kappa shape index (κ1) is 37.3. The molecule has 2 amide bonds. The number of hydrogen-bond acceptors (Lipinski definition) is 5. The number of nitrogens with zero attached hydrogens (tertiary/aromatic N) is 1. The minimum Gasteiger partial charge on any atom is -0.481 e. The number of nitrogens with one attached hydrogen (secondary N) is 1. The average molecular weight is 607 g/mol. The van der Waals surface area contributed by atoms with E-state index in [0.717, 1.165) is 19.3 Å². The molecule has 2 saturated heterocycles. The van der Waals surface area contributed by atoms with Crippen molar-refractivity contribution in [3.05, 3.63) is 12.2 Å². The summed E-state index contributed by atoms with van der Waals surface area (Å²) in [5, 5.41) is 12.6. The number of rotatable bonds is 20. The van der Waals surface area contributed by atoms with E-state index in [1.165, 1.54) is 64.2 Å². The average Bonchev–Trinajstić information content (AvgIpc) is 2.96. The summed E-state index contributed by atoms with van der Waals surface area (Å²) in [4.78, 5) is 39.7. The van der Waals surface area contributed by atoms with Crippen LogP contribution in [-0.4, -0.2) is 65.4 Å². The molecule has 0 aromatic rings. The Morgan fingerprint density at radius 3 is 2.02 bits per heavy atom. The molecule has 2 rings (SSSR count). The van der Waals surface area contributed by atoms with Gasteiger partial charge in [0.25, 0.3) is 0 Å². The molecule has 2 heterocycles. The van der Waals surface area contributed by atoms with E-state index in [1.807, 2.05) is 18.7 Å². The number of ether oxygens (including phenoxy) is 2. The van der Waals surface area contributed by atoms with E-state index in [1.54, 1.807) is 13.8 Å². The van der Waals surface area contributed by atoms with Gasteiger partial charge in [0.05, 0.1) is 13.0 Å². The third kappa shape index (κ3) is 14.6. The quantitative estimate of drug-likeness (QED) is 0.111. The van der Waals surface area contributed by atoms with Crippen LogP contribution in [0.2, 0.25) is 0 Å². The Balaban J connectivity index is 1.63. The topological polar surface area (TPSA) is 105 Å². The van der Waals surface area contributed by atoms with Gasteiger partial charge in [-0.15, -0.1) is 0 Å². The zero-order valence-electron chi connectivity index (χ0n) is 28.0. The van der Waals surface area contributed by atoms with Gasteiger partial charge in [-0.05, 0) is 64.7 Å². The summed E-state index contributed by atoms with van der Waals surface area (Å²) >= 11 is 0. The maximum atomic E-state index is 13.3. The first-order chi connectivity index (χ1) is 20.4. The normalized spacial score (nSPS) is 21.1. The zero-order chi connectivity index (χ0) is 31.7. The highest BCUT2D eigenvalue weighted by atomic mass is 16.7. The largest absolute Gasteiger partial charge is 0.481 e. The Hall–Kier alpha value is -1.93. The lowest BCUT2D eigenvalue weighted by molar-refractivity contribution is -0.304. The molecule has 0 aliphatic carbocycles. The number of likely N-dealkylation sites (tertiary alicyclic amines) is 1. The van der Waals surface area contributed by atoms with Crippen LogP contribution in [-0.2, 0) is 23.9 Å². The molecule has 0 aromatic carbocycles. The lowest BCUT2D eigenvalue weighted by atomic mass is 9.83. The van der Waals surface area contributed by atoms with Gasteiger partial charge >= 0.3 is 5.97 Å². The molecule has 0 radical (unpaired) electrons. The van der Waals surface area contributed by atoms with Crippen LogP contribution >= 0.6 is 0 Å². The van der Waals surface area contributed by atoms with Gasteiger partial charge < -0.3 is 24.8 Å². The fourth-order valence-corrected chi connectivity index (χ4v) is 6.16. The minimum atomic E-state index is -0.944. The molecular weight excluding hydrogens is 544 g/mol. The summed E-state index contributed by atoms with van der Waals surface area (Å²) in [5.74, 6) is -1.93. The summed E-state index contributed by atoms with van der Waals surface area (Å²) < 4.78 is 11.7. The van der Waals surface area contributed by atoms with Crippen LogP contribution in [0, 0.1) is 11.3 Å². The van der Waals surface area contributed by atoms with Crippen molar-refractivity contribution >= 4 is 17.8 Å². The van der Waals surface area contributed by atoms with Gasteiger partial charge in [-0.1, -0.05) is 84.3 Å². The maximum Gasteiger partial charge on any atom is 0.305 e. The smallest absolute Gasteiger partial charge is 0.305 e. The van der Waals surface area contributed by atoms with E-state index in [2.05, 4.69) is 24.4 Å². The molecule has 0 spiro atoms. The third-order valence-corrected chi connectivity index (χ3v) is 8.98. The monoisotopic (exact) mass is 606 g/mol. The molecule has 0 bridgehead atoms. The Labute approximate surface area is 261 Å². The van der Waals surface area contributed by atoms with E-state index < -0.39 is 29.3 Å². The van der Waals surface area contributed by atoms with E-state index >= 15 is 0 Å². The Morgan fingerprint density at radius 1 is 0.884 bits per heavy atom. The number of piperidine rings is 1. The molecule has 2 atom stereocenters. The SMILES string of the molecule is CCCCCCCCC=CCCCCCCCC(=O)N1CCC(C(CC(=O)O)NC(=O)C2OC(C)(C)OCC2(C)C)CC1. The minimum absolute atomic E-state index is 0.0000857. The van der Waals surface area contributed by atoms with Crippen molar-refractivity contribution in [2.24, 2.45) is 11.3 Å². The van der Waals surface area contributed by atoms with Crippen LogP contribution in [0.4, 0.5) is 0 Å². The Bertz CT molecular complexity index is 862. The molecule has 8 heteroatoms. The van der Waals surface area contributed by atoms with Crippen LogP contribution < -0.4 is 5.32 Å². The number of hydrogen-bond donors (Lipinski definition) is 2. The van der Waals surface area contributed by atoms with Gasteiger partial charge in [-0.3, -0.25) is 14.4 Å². The number of carboxylic acid groups (broad SMARTS) is 1. The summed E-state index contributed by atoms with van der Waals surface area (Å²) in [7, 11) is 0. The number of carbonyl (C=O) groups is 3. The second-order valence-corrected chi connectivity index (χ2v) is 13.9. The fourth-order valence-electron chi connectivity index (χ4n) is 6.16. The summed E-state index contributed by atoms with van der Waals surface area (Å²) in [6.07, 6.45) is 21.8. The number of carboxylic acids is 1. The second-order valence-electron chi connectivity index (χ2n) is 13.9. The first-order valence-electron chi connectivity index (χ1n) is 17.2. The number of carbonyl (C=O) groups excluding carboxylic acids is 2. The van der Waals surface area contributed by atoms with Crippen LogP contribution in [0.25, 0.3) is 0 Å². The molecule has 0 saturated carbocycles. The predicted octanol–water partition coefficient (Wildman–Crippen LogP) is 7.40. The highest BCUT2D eigenvalue weighted by Gasteiger charge is 2.46. The molecule has 0 aromatic heterocycles. The Morgan fingerprint density at radius 2 is 1.44 bits per heavy atom. The van der Waals surface area contributed by atoms with Crippen molar-refractivity contribution in [2.75, 3.05) is 19.7 Å². The number of unbranched alkanes of at least 4 members (excludes halogenated alkanes) is 11. The van der Waals surface area contributed by atoms with Crippen molar-refractivity contribution in [1.82, 2.24) is 10.2 Å². The summed E-state index contributed by atoms with van der Waals surface area (Å²) in [5.41, 5.74) is -0.535. The van der Waals surface area contributed by atoms with E-state index in [0.29, 0.717) is 39.0 Å². The lowest BCUT2D eigenvalue weighted by Gasteiger charge is -2.45. The van der Waals surface area contributed by atoms with Crippen LogP contribution in [0.15, 0.2) is 12.2 Å². The predicted molar refractivity (Wildman–Crippen MR) is 172 cm³/mol. The third-order valence-electron chi connectivity index (χ3n) is 8.98. The van der Waals surface area contributed by atoms with Gasteiger partial charge in [-0.2, -0.15) is 0 Å². The van der Waals surface area contributed by atoms with Gasteiger partial charge in [-0.25, -0.2) is 0 Å². The Kier molecular flexibility index (Phi) is 16.9. The van der Waals surface area contributed by atoms with Crippen LogP contribution in [0.3, 0.4) is 0 Å². The van der Waals surface area contributed by atoms with Gasteiger partial charge in [0.2, 0.25) is 11.8 Å². The zero-order valence-corrected chi connectivity index (χ0v) is 28.0. The molecule has 2 fully saturated rings. The van der Waals surface area contributed by atoms with Crippen molar-refractivity contribution < 1.29 is 29.0 Å². The lowest BCUT2D eigenvalue weighted by Crippen LogP contribution is -2.59. The van der Waals surface area contributed by atoms with Crippen molar-refractivity contribution in [3.8, 4) is 0 Å². The van der Waals surface area contributed by atoms with E-state index in [9.17, 15) is 19.5 Å². The van der Waals surface area contributed by atoms with Gasteiger partial charge in [0.15, 0.2) is 5.79 Å². The highest BCUT2D eigenvalue weighted by molar-refractivity contribution is 5.83. The molecular formula is C35H62N2O6. The molecule has 248 valence electrons. The number of allylic oxidation sites excluding steroid dienone is 2.